The largest absolute Gasteiger partial charge is 0.346 e. The van der Waals surface area contributed by atoms with E-state index >= 15 is 0 Å². The van der Waals surface area contributed by atoms with Crippen molar-refractivity contribution in [1.82, 2.24) is 24.8 Å². The maximum Gasteiger partial charge on any atom is 0.274 e. The number of pyridine rings is 1. The fraction of sp³-hybridized carbons (Fsp3) is 0.520. The second kappa shape index (κ2) is 9.74. The number of aryl methyl sites for hydroxylation is 1. The van der Waals surface area contributed by atoms with Crippen LogP contribution in [0.1, 0.15) is 72.7 Å². The van der Waals surface area contributed by atoms with Gasteiger partial charge in [0.1, 0.15) is 10.5 Å². The predicted molar refractivity (Wildman–Crippen MR) is 132 cm³/mol. The van der Waals surface area contributed by atoms with Crippen molar-refractivity contribution in [1.29, 1.82) is 0 Å². The number of carbonyl (C=O) groups excluding carboxylic acids is 2. The Balaban J connectivity index is 1.27. The van der Waals surface area contributed by atoms with Crippen molar-refractivity contribution in [3.63, 3.8) is 0 Å². The number of thiazole rings is 1. The van der Waals surface area contributed by atoms with Crippen LogP contribution in [0.4, 0.5) is 5.95 Å². The molecule has 0 radical (unpaired) electrons. The average Bonchev–Trinajstić information content (AvgIpc) is 3.44. The second-order valence-corrected chi connectivity index (χ2v) is 10.8. The van der Waals surface area contributed by atoms with Crippen molar-refractivity contribution >= 4 is 39.3 Å². The molecule has 1 N–H and O–H groups in total. The number of ketones is 1. The standard InChI is InChI=1S/C25H30N6O2S/c1-15(20-9-5-6-10-26-20)27-25-29-21(22-23(30-25)28-16(2)34-22)24(33)31-13-18(14-31)12-19(32)11-17-7-3-4-8-17/h5-6,9-10,15,17-18H,3-4,7-8,11-14H2,1-2H3,(H,27,29,30). The molecule has 178 valence electrons. The fourth-order valence-electron chi connectivity index (χ4n) is 4.99. The van der Waals surface area contributed by atoms with Gasteiger partial charge in [0.15, 0.2) is 11.3 Å². The summed E-state index contributed by atoms with van der Waals surface area (Å²) in [6.45, 7) is 5.09. The van der Waals surface area contributed by atoms with Gasteiger partial charge in [0.05, 0.1) is 16.7 Å². The lowest BCUT2D eigenvalue weighted by atomic mass is 9.90. The number of rotatable bonds is 8. The normalized spacial score (nSPS) is 17.6. The average molecular weight is 479 g/mol. The highest BCUT2D eigenvalue weighted by Crippen LogP contribution is 2.31. The minimum atomic E-state index is -0.124. The number of amides is 1. The van der Waals surface area contributed by atoms with Crippen LogP contribution in [0.3, 0.4) is 0 Å². The van der Waals surface area contributed by atoms with E-state index in [0.29, 0.717) is 59.6 Å². The zero-order chi connectivity index (χ0) is 23.7. The summed E-state index contributed by atoms with van der Waals surface area (Å²) in [5.41, 5.74) is 1.77. The number of aromatic nitrogens is 4. The zero-order valence-corrected chi connectivity index (χ0v) is 20.5. The summed E-state index contributed by atoms with van der Waals surface area (Å²) < 4.78 is 0.708. The van der Waals surface area contributed by atoms with Crippen LogP contribution in [-0.2, 0) is 4.79 Å². The lowest BCUT2D eigenvalue weighted by molar-refractivity contribution is -0.121. The molecule has 1 unspecified atom stereocenters. The lowest BCUT2D eigenvalue weighted by Gasteiger charge is -2.39. The molecule has 1 saturated carbocycles. The highest BCUT2D eigenvalue weighted by Gasteiger charge is 2.35. The van der Waals surface area contributed by atoms with Crippen molar-refractivity contribution in [2.75, 3.05) is 18.4 Å². The Morgan fingerprint density at radius 2 is 1.88 bits per heavy atom. The first-order chi connectivity index (χ1) is 16.5. The zero-order valence-electron chi connectivity index (χ0n) is 19.7. The molecule has 8 nitrogen and oxygen atoms in total. The Kier molecular flexibility index (Phi) is 6.54. The number of carbonyl (C=O) groups is 2. The van der Waals surface area contributed by atoms with E-state index in [1.54, 1.807) is 11.1 Å². The van der Waals surface area contributed by atoms with Crippen molar-refractivity contribution < 1.29 is 9.59 Å². The van der Waals surface area contributed by atoms with Crippen LogP contribution in [0.25, 0.3) is 10.3 Å². The molecule has 1 atom stereocenters. The number of nitrogens with one attached hydrogen (secondary N) is 1. The summed E-state index contributed by atoms with van der Waals surface area (Å²) in [5, 5.41) is 4.10. The summed E-state index contributed by atoms with van der Waals surface area (Å²) in [4.78, 5) is 45.6. The first kappa shape index (κ1) is 22.8. The van der Waals surface area contributed by atoms with Gasteiger partial charge < -0.3 is 10.2 Å². The van der Waals surface area contributed by atoms with Gasteiger partial charge in [-0.25, -0.2) is 9.97 Å². The Morgan fingerprint density at radius 3 is 2.62 bits per heavy atom. The molecule has 4 heterocycles. The Hall–Kier alpha value is -2.94. The van der Waals surface area contributed by atoms with Crippen molar-refractivity contribution in [3.8, 4) is 0 Å². The molecule has 9 heteroatoms. The third-order valence-corrected chi connectivity index (χ3v) is 7.76. The van der Waals surface area contributed by atoms with E-state index in [1.807, 2.05) is 32.0 Å². The maximum atomic E-state index is 13.4. The van der Waals surface area contributed by atoms with E-state index in [2.05, 4.69) is 25.3 Å². The summed E-state index contributed by atoms with van der Waals surface area (Å²) in [6.07, 6.45) is 7.92. The Morgan fingerprint density at radius 1 is 1.12 bits per heavy atom. The van der Waals surface area contributed by atoms with Gasteiger partial charge >= 0.3 is 0 Å². The number of nitrogens with zero attached hydrogens (tertiary/aromatic N) is 5. The number of hydrogen-bond acceptors (Lipinski definition) is 8. The van der Waals surface area contributed by atoms with E-state index in [4.69, 9.17) is 0 Å². The molecule has 2 fully saturated rings. The second-order valence-electron chi connectivity index (χ2n) is 9.58. The number of Topliss-reactive ketones (excluding diaryl/α,β-unsaturated/α-hetero) is 1. The van der Waals surface area contributed by atoms with Crippen LogP contribution < -0.4 is 5.32 Å². The van der Waals surface area contributed by atoms with Gasteiger partial charge in [-0.3, -0.25) is 14.6 Å². The molecule has 0 aromatic carbocycles. The molecule has 2 aliphatic rings. The first-order valence-electron chi connectivity index (χ1n) is 12.1. The molecule has 1 aliphatic heterocycles. The van der Waals surface area contributed by atoms with Crippen LogP contribution in [-0.4, -0.2) is 49.6 Å². The summed E-state index contributed by atoms with van der Waals surface area (Å²) in [7, 11) is 0. The number of hydrogen-bond donors (Lipinski definition) is 1. The Bertz CT molecular complexity index is 1180. The lowest BCUT2D eigenvalue weighted by Crippen LogP contribution is -2.50. The third kappa shape index (κ3) is 4.94. The molecular formula is C25H30N6O2S. The van der Waals surface area contributed by atoms with Gasteiger partial charge in [0, 0.05) is 38.0 Å². The van der Waals surface area contributed by atoms with Gasteiger partial charge in [0.25, 0.3) is 5.91 Å². The van der Waals surface area contributed by atoms with Gasteiger partial charge in [-0.05, 0) is 31.9 Å². The van der Waals surface area contributed by atoms with E-state index in [0.717, 1.165) is 10.7 Å². The molecule has 0 spiro atoms. The fourth-order valence-corrected chi connectivity index (χ4v) is 5.83. The highest BCUT2D eigenvalue weighted by atomic mass is 32.1. The highest BCUT2D eigenvalue weighted by molar-refractivity contribution is 7.18. The quantitative estimate of drug-likeness (QED) is 0.506. The molecule has 34 heavy (non-hydrogen) atoms. The number of likely N-dealkylation sites (tertiary alicyclic amines) is 1. The van der Waals surface area contributed by atoms with Gasteiger partial charge in [-0.2, -0.15) is 4.98 Å². The summed E-state index contributed by atoms with van der Waals surface area (Å²) >= 11 is 1.43. The molecule has 0 bridgehead atoms. The topological polar surface area (TPSA) is 101 Å². The molecule has 1 amide bonds. The van der Waals surface area contributed by atoms with Gasteiger partial charge in [-0.15, -0.1) is 11.3 Å². The van der Waals surface area contributed by atoms with Crippen molar-refractivity contribution in [2.24, 2.45) is 11.8 Å². The van der Waals surface area contributed by atoms with Crippen LogP contribution in [0.5, 0.6) is 0 Å². The van der Waals surface area contributed by atoms with Crippen LogP contribution in [0.2, 0.25) is 0 Å². The van der Waals surface area contributed by atoms with E-state index in [9.17, 15) is 9.59 Å². The Labute approximate surface area is 203 Å². The summed E-state index contributed by atoms with van der Waals surface area (Å²) in [5.74, 6) is 1.42. The summed E-state index contributed by atoms with van der Waals surface area (Å²) in [6, 6.07) is 5.61. The van der Waals surface area contributed by atoms with E-state index in [-0.39, 0.29) is 17.9 Å². The smallest absolute Gasteiger partial charge is 0.274 e. The predicted octanol–water partition coefficient (Wildman–Crippen LogP) is 4.57. The minimum absolute atomic E-state index is 0.121. The van der Waals surface area contributed by atoms with Gasteiger partial charge in [0.2, 0.25) is 5.95 Å². The van der Waals surface area contributed by atoms with E-state index < -0.39 is 0 Å². The molecular weight excluding hydrogens is 448 g/mol. The molecule has 5 rings (SSSR count). The van der Waals surface area contributed by atoms with Crippen LogP contribution in [0.15, 0.2) is 24.4 Å². The molecule has 1 aliphatic carbocycles. The van der Waals surface area contributed by atoms with E-state index in [1.165, 1.54) is 37.0 Å². The minimum Gasteiger partial charge on any atom is -0.346 e. The molecule has 3 aromatic heterocycles. The van der Waals surface area contributed by atoms with Crippen molar-refractivity contribution in [2.45, 2.75) is 58.4 Å². The van der Waals surface area contributed by atoms with Crippen LogP contribution in [0, 0.1) is 18.8 Å². The van der Waals surface area contributed by atoms with Crippen LogP contribution >= 0.6 is 11.3 Å². The first-order valence-corrected chi connectivity index (χ1v) is 12.9. The molecule has 1 saturated heterocycles. The number of fused-ring (bicyclic) bond motifs is 1. The molecule has 3 aromatic rings. The maximum absolute atomic E-state index is 13.4. The van der Waals surface area contributed by atoms with Crippen molar-refractivity contribution in [3.05, 3.63) is 40.8 Å². The monoisotopic (exact) mass is 478 g/mol. The number of anilines is 1. The SMILES string of the molecule is Cc1nc2nc(NC(C)c3ccccn3)nc(C(=O)N3CC(CC(=O)CC4CCCC4)C3)c2s1. The third-order valence-electron chi connectivity index (χ3n) is 6.79. The van der Waals surface area contributed by atoms with Gasteiger partial charge in [-0.1, -0.05) is 31.7 Å².